The molecular weight excluding hydrogens is 368 g/mol. The molecule has 0 saturated heterocycles. The summed E-state index contributed by atoms with van der Waals surface area (Å²) in [5.41, 5.74) is 2.38. The van der Waals surface area contributed by atoms with Gasteiger partial charge < -0.3 is 20.1 Å². The minimum Gasteiger partial charge on any atom is -0.445 e. The van der Waals surface area contributed by atoms with E-state index in [1.807, 2.05) is 82.3 Å². The summed E-state index contributed by atoms with van der Waals surface area (Å²) in [5, 5.41) is 5.65. The molecule has 2 N–H and O–H groups in total. The first-order valence-electron chi connectivity index (χ1n) is 9.74. The maximum atomic E-state index is 12.3. The third kappa shape index (κ3) is 8.25. The molecule has 0 aromatic heterocycles. The van der Waals surface area contributed by atoms with Gasteiger partial charge in [-0.05, 0) is 50.8 Å². The lowest BCUT2D eigenvalue weighted by atomic mass is 9.99. The Hall–Kier alpha value is -3.02. The Labute approximate surface area is 172 Å². The van der Waals surface area contributed by atoms with E-state index in [4.69, 9.17) is 9.47 Å². The van der Waals surface area contributed by atoms with E-state index in [1.165, 1.54) is 0 Å². The summed E-state index contributed by atoms with van der Waals surface area (Å²) in [4.78, 5) is 24.2. The minimum absolute atomic E-state index is 0.212. The average Bonchev–Trinajstić information content (AvgIpc) is 2.65. The SMILES string of the molecule is Cc1ccccc1[C@H](CCNC(=O)OCc1ccccc1)NC(=O)OC(C)(C)C. The molecule has 29 heavy (non-hydrogen) atoms. The molecule has 2 amide bonds. The van der Waals surface area contributed by atoms with Crippen LogP contribution in [0, 0.1) is 6.92 Å². The first-order valence-corrected chi connectivity index (χ1v) is 9.74. The Kier molecular flexibility index (Phi) is 8.07. The van der Waals surface area contributed by atoms with Gasteiger partial charge in [-0.1, -0.05) is 54.6 Å². The summed E-state index contributed by atoms with van der Waals surface area (Å²) in [6.45, 7) is 8.01. The highest BCUT2D eigenvalue weighted by Gasteiger charge is 2.21. The van der Waals surface area contributed by atoms with Crippen molar-refractivity contribution in [3.8, 4) is 0 Å². The van der Waals surface area contributed by atoms with Gasteiger partial charge in [0.05, 0.1) is 6.04 Å². The molecule has 0 aliphatic heterocycles. The first-order chi connectivity index (χ1) is 13.7. The number of rotatable bonds is 7. The van der Waals surface area contributed by atoms with Gasteiger partial charge in [-0.3, -0.25) is 0 Å². The number of hydrogen-bond donors (Lipinski definition) is 2. The van der Waals surface area contributed by atoms with Crippen LogP contribution in [0.5, 0.6) is 0 Å². The molecule has 0 unspecified atom stereocenters. The highest BCUT2D eigenvalue weighted by Crippen LogP contribution is 2.21. The molecular formula is C23H30N2O4. The number of ether oxygens (including phenoxy) is 2. The van der Waals surface area contributed by atoms with Crippen molar-refractivity contribution in [2.45, 2.75) is 52.4 Å². The van der Waals surface area contributed by atoms with Gasteiger partial charge in [0.1, 0.15) is 12.2 Å². The quantitative estimate of drug-likeness (QED) is 0.697. The van der Waals surface area contributed by atoms with Crippen LogP contribution >= 0.6 is 0 Å². The van der Waals surface area contributed by atoms with Crippen LogP contribution in [-0.4, -0.2) is 24.3 Å². The predicted octanol–water partition coefficient (Wildman–Crippen LogP) is 4.88. The molecule has 0 spiro atoms. The minimum atomic E-state index is -0.583. The van der Waals surface area contributed by atoms with Crippen LogP contribution < -0.4 is 10.6 Å². The molecule has 6 nitrogen and oxygen atoms in total. The van der Waals surface area contributed by atoms with Gasteiger partial charge in [0.25, 0.3) is 0 Å². The van der Waals surface area contributed by atoms with Crippen molar-refractivity contribution >= 4 is 12.2 Å². The second-order valence-corrected chi connectivity index (χ2v) is 7.83. The zero-order valence-electron chi connectivity index (χ0n) is 17.5. The molecule has 2 rings (SSSR count). The first kappa shape index (κ1) is 22.3. The van der Waals surface area contributed by atoms with Crippen LogP contribution in [0.3, 0.4) is 0 Å². The van der Waals surface area contributed by atoms with Crippen molar-refractivity contribution < 1.29 is 19.1 Å². The maximum absolute atomic E-state index is 12.3. The number of amides is 2. The molecule has 2 aromatic carbocycles. The van der Waals surface area contributed by atoms with Gasteiger partial charge in [-0.15, -0.1) is 0 Å². The van der Waals surface area contributed by atoms with Crippen LogP contribution in [0.1, 0.15) is 49.9 Å². The molecule has 0 aliphatic carbocycles. The number of nitrogens with one attached hydrogen (secondary N) is 2. The summed E-state index contributed by atoms with van der Waals surface area (Å²) < 4.78 is 10.6. The normalized spacial score (nSPS) is 12.0. The third-order valence-electron chi connectivity index (χ3n) is 4.17. The van der Waals surface area contributed by atoms with Crippen molar-refractivity contribution in [2.75, 3.05) is 6.54 Å². The Balaban J connectivity index is 1.90. The molecule has 2 aromatic rings. The smallest absolute Gasteiger partial charge is 0.408 e. The lowest BCUT2D eigenvalue weighted by molar-refractivity contribution is 0.0501. The Bertz CT molecular complexity index is 800. The Morgan fingerprint density at radius 1 is 0.966 bits per heavy atom. The van der Waals surface area contributed by atoms with Crippen LogP contribution in [0.15, 0.2) is 54.6 Å². The fourth-order valence-electron chi connectivity index (χ4n) is 2.83. The van der Waals surface area contributed by atoms with Gasteiger partial charge >= 0.3 is 12.2 Å². The molecule has 0 saturated carbocycles. The van der Waals surface area contributed by atoms with E-state index in [1.54, 1.807) is 0 Å². The summed E-state index contributed by atoms with van der Waals surface area (Å²) >= 11 is 0. The molecule has 0 radical (unpaired) electrons. The molecule has 0 bridgehead atoms. The van der Waals surface area contributed by atoms with E-state index >= 15 is 0 Å². The van der Waals surface area contributed by atoms with E-state index in [2.05, 4.69) is 10.6 Å². The van der Waals surface area contributed by atoms with Gasteiger partial charge in [0.2, 0.25) is 0 Å². The summed E-state index contributed by atoms with van der Waals surface area (Å²) in [6, 6.07) is 17.0. The van der Waals surface area contributed by atoms with Crippen LogP contribution in [0.4, 0.5) is 9.59 Å². The molecule has 6 heteroatoms. The highest BCUT2D eigenvalue weighted by molar-refractivity contribution is 5.69. The van der Waals surface area contributed by atoms with E-state index < -0.39 is 17.8 Å². The van der Waals surface area contributed by atoms with E-state index in [0.717, 1.165) is 16.7 Å². The maximum Gasteiger partial charge on any atom is 0.408 e. The number of alkyl carbamates (subject to hydrolysis) is 2. The summed E-state index contributed by atoms with van der Waals surface area (Å²) in [6.07, 6.45) is -0.475. The van der Waals surface area contributed by atoms with Crippen molar-refractivity contribution in [1.29, 1.82) is 0 Å². The zero-order chi connectivity index (χ0) is 21.3. The number of carbonyl (C=O) groups is 2. The predicted molar refractivity (Wildman–Crippen MR) is 113 cm³/mol. The van der Waals surface area contributed by atoms with Gasteiger partial charge in [-0.25, -0.2) is 9.59 Å². The van der Waals surface area contributed by atoms with Crippen LogP contribution in [0.2, 0.25) is 0 Å². The Morgan fingerprint density at radius 3 is 2.28 bits per heavy atom. The molecule has 0 fully saturated rings. The van der Waals surface area contributed by atoms with Crippen LogP contribution in [-0.2, 0) is 16.1 Å². The lowest BCUT2D eigenvalue weighted by Gasteiger charge is -2.25. The van der Waals surface area contributed by atoms with Crippen LogP contribution in [0.25, 0.3) is 0 Å². The standard InChI is InChI=1S/C23H30N2O4/c1-17-10-8-9-13-19(17)20(25-22(27)29-23(2,3)4)14-15-24-21(26)28-16-18-11-6-5-7-12-18/h5-13,20H,14-16H2,1-4H3,(H,24,26)(H,25,27)/t20-/m0/s1. The second-order valence-electron chi connectivity index (χ2n) is 7.83. The zero-order valence-corrected chi connectivity index (χ0v) is 17.5. The van der Waals surface area contributed by atoms with Gasteiger partial charge in [-0.2, -0.15) is 0 Å². The van der Waals surface area contributed by atoms with Crippen molar-refractivity contribution in [3.05, 3.63) is 71.3 Å². The molecule has 1 atom stereocenters. The fourth-order valence-corrected chi connectivity index (χ4v) is 2.83. The molecule has 156 valence electrons. The number of benzene rings is 2. The second kappa shape index (κ2) is 10.5. The highest BCUT2D eigenvalue weighted by atomic mass is 16.6. The van der Waals surface area contributed by atoms with Crippen molar-refractivity contribution in [3.63, 3.8) is 0 Å². The summed E-state index contributed by atoms with van der Waals surface area (Å²) in [5.74, 6) is 0. The van der Waals surface area contributed by atoms with Crippen molar-refractivity contribution in [1.82, 2.24) is 10.6 Å². The molecule has 0 heterocycles. The monoisotopic (exact) mass is 398 g/mol. The fraction of sp³-hybridized carbons (Fsp3) is 0.391. The number of carbonyl (C=O) groups excluding carboxylic acids is 2. The molecule has 0 aliphatic rings. The number of aryl methyl sites for hydroxylation is 1. The number of hydrogen-bond acceptors (Lipinski definition) is 4. The van der Waals surface area contributed by atoms with E-state index in [9.17, 15) is 9.59 Å². The largest absolute Gasteiger partial charge is 0.445 e. The van der Waals surface area contributed by atoms with E-state index in [0.29, 0.717) is 13.0 Å². The summed E-state index contributed by atoms with van der Waals surface area (Å²) in [7, 11) is 0. The lowest BCUT2D eigenvalue weighted by Crippen LogP contribution is -2.37. The average molecular weight is 399 g/mol. The topological polar surface area (TPSA) is 76.7 Å². The Morgan fingerprint density at radius 2 is 1.62 bits per heavy atom. The van der Waals surface area contributed by atoms with E-state index in [-0.39, 0.29) is 12.6 Å². The van der Waals surface area contributed by atoms with Gasteiger partial charge in [0.15, 0.2) is 0 Å². The van der Waals surface area contributed by atoms with Crippen molar-refractivity contribution in [2.24, 2.45) is 0 Å². The third-order valence-corrected chi connectivity index (χ3v) is 4.17. The van der Waals surface area contributed by atoms with Gasteiger partial charge in [0, 0.05) is 6.54 Å².